The van der Waals surface area contributed by atoms with Crippen molar-refractivity contribution in [3.8, 4) is 0 Å². The molecule has 0 aliphatic carbocycles. The summed E-state index contributed by atoms with van der Waals surface area (Å²) in [6, 6.07) is 0. The number of methoxy groups -OCH3 is 1. The van der Waals surface area contributed by atoms with Gasteiger partial charge in [-0.05, 0) is 0 Å². The number of carbonyl (C=O) groups excluding carboxylic acids is 1. The number of aliphatic hydroxyl groups excluding tert-OH is 1. The molecule has 7 nitrogen and oxygen atoms in total. The van der Waals surface area contributed by atoms with Crippen LogP contribution in [-0.4, -0.2) is 73.5 Å². The third kappa shape index (κ3) is 9.73. The monoisotopic (exact) mass is 248 g/mol. The lowest BCUT2D eigenvalue weighted by molar-refractivity contribution is -0.137. The van der Waals surface area contributed by atoms with E-state index >= 15 is 0 Å². The van der Waals surface area contributed by atoms with Crippen molar-refractivity contribution in [2.75, 3.05) is 46.5 Å². The average molecular weight is 248 g/mol. The van der Waals surface area contributed by atoms with Crippen LogP contribution in [0.4, 0.5) is 0 Å². The van der Waals surface area contributed by atoms with Gasteiger partial charge in [-0.3, -0.25) is 14.5 Å². The van der Waals surface area contributed by atoms with Gasteiger partial charge >= 0.3 is 5.97 Å². The van der Waals surface area contributed by atoms with Gasteiger partial charge in [0.1, 0.15) is 0 Å². The molecule has 0 aromatic carbocycles. The van der Waals surface area contributed by atoms with Crippen molar-refractivity contribution in [3.63, 3.8) is 0 Å². The molecular weight excluding hydrogens is 228 g/mol. The van der Waals surface area contributed by atoms with Crippen molar-refractivity contribution in [1.29, 1.82) is 0 Å². The lowest BCUT2D eigenvalue weighted by Gasteiger charge is -2.19. The Labute approximate surface area is 100 Å². The second-order valence-electron chi connectivity index (χ2n) is 3.49. The van der Waals surface area contributed by atoms with Crippen LogP contribution in [0.1, 0.15) is 6.42 Å². The Bertz CT molecular complexity index is 235. The summed E-state index contributed by atoms with van der Waals surface area (Å²) in [6.07, 6.45) is -0.0502. The number of carboxylic acid groups (broad SMARTS) is 1. The van der Waals surface area contributed by atoms with Crippen LogP contribution in [0.25, 0.3) is 0 Å². The molecule has 0 saturated heterocycles. The number of aliphatic hydroxyl groups is 1. The fourth-order valence-electron chi connectivity index (χ4n) is 1.22. The number of nitrogens with zero attached hydrogens (tertiary/aromatic N) is 1. The third-order valence-corrected chi connectivity index (χ3v) is 2.05. The fourth-order valence-corrected chi connectivity index (χ4v) is 1.22. The van der Waals surface area contributed by atoms with Crippen LogP contribution in [0.3, 0.4) is 0 Å². The zero-order chi connectivity index (χ0) is 13.1. The Morgan fingerprint density at radius 1 is 1.35 bits per heavy atom. The van der Waals surface area contributed by atoms with Crippen LogP contribution in [-0.2, 0) is 14.3 Å². The molecule has 0 atom stereocenters. The topological polar surface area (TPSA) is 99.1 Å². The zero-order valence-electron chi connectivity index (χ0n) is 10.0. The quantitative estimate of drug-likeness (QED) is 0.408. The second-order valence-corrected chi connectivity index (χ2v) is 3.49. The van der Waals surface area contributed by atoms with E-state index in [1.54, 1.807) is 4.90 Å². The summed E-state index contributed by atoms with van der Waals surface area (Å²) in [4.78, 5) is 23.4. The number of hydrogen-bond donors (Lipinski definition) is 3. The fraction of sp³-hybridized carbons (Fsp3) is 0.800. The van der Waals surface area contributed by atoms with Gasteiger partial charge < -0.3 is 20.3 Å². The van der Waals surface area contributed by atoms with Crippen molar-refractivity contribution in [2.24, 2.45) is 0 Å². The first-order valence-corrected chi connectivity index (χ1v) is 5.40. The first-order valence-electron chi connectivity index (χ1n) is 5.40. The highest BCUT2D eigenvalue weighted by molar-refractivity contribution is 5.78. The van der Waals surface area contributed by atoms with Crippen molar-refractivity contribution < 1.29 is 24.5 Å². The van der Waals surface area contributed by atoms with Gasteiger partial charge in [0.05, 0.1) is 26.2 Å². The number of hydrogen-bond acceptors (Lipinski definition) is 5. The number of carbonyl (C=O) groups is 2. The minimum atomic E-state index is -0.923. The highest BCUT2D eigenvalue weighted by Crippen LogP contribution is 1.91. The molecule has 0 fully saturated rings. The summed E-state index contributed by atoms with van der Waals surface area (Å²) in [5, 5.41) is 19.9. The van der Waals surface area contributed by atoms with Gasteiger partial charge in [-0.25, -0.2) is 0 Å². The van der Waals surface area contributed by atoms with Gasteiger partial charge in [0, 0.05) is 26.7 Å². The molecule has 7 heteroatoms. The first kappa shape index (κ1) is 15.8. The van der Waals surface area contributed by atoms with Crippen LogP contribution in [0.15, 0.2) is 0 Å². The van der Waals surface area contributed by atoms with Gasteiger partial charge in [0.2, 0.25) is 5.91 Å². The molecule has 0 rings (SSSR count). The van der Waals surface area contributed by atoms with E-state index in [4.69, 9.17) is 14.9 Å². The maximum atomic E-state index is 11.4. The normalized spacial score (nSPS) is 10.5. The Morgan fingerprint density at radius 2 is 2.06 bits per heavy atom. The molecule has 0 aromatic rings. The van der Waals surface area contributed by atoms with Gasteiger partial charge in [-0.1, -0.05) is 0 Å². The third-order valence-electron chi connectivity index (χ3n) is 2.05. The van der Waals surface area contributed by atoms with E-state index in [0.29, 0.717) is 13.2 Å². The minimum absolute atomic E-state index is 0.0502. The van der Waals surface area contributed by atoms with Crippen LogP contribution < -0.4 is 5.32 Å². The molecule has 3 N–H and O–H groups in total. The van der Waals surface area contributed by atoms with Crippen LogP contribution in [0.5, 0.6) is 0 Å². The van der Waals surface area contributed by atoms with E-state index in [0.717, 1.165) is 0 Å². The van der Waals surface area contributed by atoms with Crippen molar-refractivity contribution >= 4 is 11.9 Å². The summed E-state index contributed by atoms with van der Waals surface area (Å²) in [7, 11) is 1.54. The number of aliphatic carboxylic acids is 1. The van der Waals surface area contributed by atoms with E-state index in [9.17, 15) is 9.59 Å². The van der Waals surface area contributed by atoms with Gasteiger partial charge in [0.15, 0.2) is 0 Å². The maximum absolute atomic E-state index is 11.4. The lowest BCUT2D eigenvalue weighted by Crippen LogP contribution is -2.40. The van der Waals surface area contributed by atoms with Crippen LogP contribution in [0, 0.1) is 0 Å². The summed E-state index contributed by atoms with van der Waals surface area (Å²) >= 11 is 0. The van der Waals surface area contributed by atoms with Gasteiger partial charge in [0.25, 0.3) is 0 Å². The molecule has 0 unspecified atom stereocenters. The molecule has 0 aliphatic heterocycles. The average Bonchev–Trinajstić information content (AvgIpc) is 2.26. The molecule has 17 heavy (non-hydrogen) atoms. The SMILES string of the molecule is COCCNC(=O)CN(CCO)CCC(=O)O. The summed E-state index contributed by atoms with van der Waals surface area (Å²) in [5.41, 5.74) is 0. The molecule has 100 valence electrons. The lowest BCUT2D eigenvalue weighted by atomic mass is 10.3. The molecule has 0 spiro atoms. The number of amides is 1. The predicted octanol–water partition coefficient (Wildman–Crippen LogP) is -1.48. The first-order chi connectivity index (χ1) is 8.10. The van der Waals surface area contributed by atoms with Crippen LogP contribution >= 0.6 is 0 Å². The van der Waals surface area contributed by atoms with Crippen molar-refractivity contribution in [2.45, 2.75) is 6.42 Å². The van der Waals surface area contributed by atoms with E-state index in [1.165, 1.54) is 7.11 Å². The largest absolute Gasteiger partial charge is 0.481 e. The number of carboxylic acids is 1. The van der Waals surface area contributed by atoms with Crippen molar-refractivity contribution in [1.82, 2.24) is 10.2 Å². The molecule has 0 radical (unpaired) electrons. The van der Waals surface area contributed by atoms with Gasteiger partial charge in [-0.2, -0.15) is 0 Å². The molecule has 1 amide bonds. The molecule has 0 aliphatic rings. The Kier molecular flexibility index (Phi) is 9.31. The molecule has 0 bridgehead atoms. The number of nitrogens with one attached hydrogen (secondary N) is 1. The van der Waals surface area contributed by atoms with Gasteiger partial charge in [-0.15, -0.1) is 0 Å². The summed E-state index contributed by atoms with van der Waals surface area (Å²) in [6.45, 7) is 1.35. The van der Waals surface area contributed by atoms with E-state index in [2.05, 4.69) is 5.32 Å². The predicted molar refractivity (Wildman–Crippen MR) is 60.7 cm³/mol. The highest BCUT2D eigenvalue weighted by atomic mass is 16.5. The smallest absolute Gasteiger partial charge is 0.304 e. The zero-order valence-corrected chi connectivity index (χ0v) is 10.0. The summed E-state index contributed by atoms with van der Waals surface area (Å²) < 4.78 is 4.78. The van der Waals surface area contributed by atoms with Crippen molar-refractivity contribution in [3.05, 3.63) is 0 Å². The molecule has 0 heterocycles. The van der Waals surface area contributed by atoms with E-state index in [1.807, 2.05) is 0 Å². The summed E-state index contributed by atoms with van der Waals surface area (Å²) in [5.74, 6) is -1.13. The van der Waals surface area contributed by atoms with Crippen LogP contribution in [0.2, 0.25) is 0 Å². The second kappa shape index (κ2) is 10.0. The molecule has 0 saturated carbocycles. The molecule has 0 aromatic heterocycles. The Hall–Kier alpha value is -1.18. The minimum Gasteiger partial charge on any atom is -0.481 e. The Morgan fingerprint density at radius 3 is 2.59 bits per heavy atom. The van der Waals surface area contributed by atoms with E-state index < -0.39 is 5.97 Å². The molecular formula is C10H20N2O5. The van der Waals surface area contributed by atoms with E-state index in [-0.39, 0.29) is 38.6 Å². The number of rotatable bonds is 10. The maximum Gasteiger partial charge on any atom is 0.304 e. The Balaban J connectivity index is 3.88. The highest BCUT2D eigenvalue weighted by Gasteiger charge is 2.11. The standard InChI is InChI=1S/C10H20N2O5/c1-17-7-3-11-9(14)8-12(5-6-13)4-2-10(15)16/h13H,2-8H2,1H3,(H,11,14)(H,15,16). The number of ether oxygens (including phenoxy) is 1.